The fourth-order valence-corrected chi connectivity index (χ4v) is 2.70. The maximum atomic E-state index is 12.3. The second-order valence-corrected chi connectivity index (χ2v) is 6.01. The Hall–Kier alpha value is -2.18. The lowest BCUT2D eigenvalue weighted by Gasteiger charge is -2.09. The van der Waals surface area contributed by atoms with Gasteiger partial charge >= 0.3 is 0 Å². The number of halogens is 1. The van der Waals surface area contributed by atoms with Crippen molar-refractivity contribution in [1.29, 1.82) is 0 Å². The van der Waals surface area contributed by atoms with E-state index in [1.807, 2.05) is 42.5 Å². The number of ether oxygens (including phenoxy) is 2. The summed E-state index contributed by atoms with van der Waals surface area (Å²) in [6, 6.07) is 15.0. The molecule has 0 bridgehead atoms. The van der Waals surface area contributed by atoms with Gasteiger partial charge in [-0.05, 0) is 40.2 Å². The van der Waals surface area contributed by atoms with Crippen LogP contribution in [0.4, 0.5) is 0 Å². The highest BCUT2D eigenvalue weighted by molar-refractivity contribution is 9.10. The van der Waals surface area contributed by atoms with Gasteiger partial charge in [-0.25, -0.2) is 4.98 Å². The monoisotopic (exact) mass is 388 g/mol. The molecule has 1 aromatic heterocycles. The number of rotatable bonds is 7. The first-order valence-electron chi connectivity index (χ1n) is 7.65. The summed E-state index contributed by atoms with van der Waals surface area (Å²) < 4.78 is 13.6. The first-order valence-corrected chi connectivity index (χ1v) is 8.44. The van der Waals surface area contributed by atoms with Crippen LogP contribution in [0, 0.1) is 0 Å². The van der Waals surface area contributed by atoms with E-state index in [0.29, 0.717) is 37.3 Å². The SMILES string of the molecule is O=c1c2ccccc2ncn1CCOCCOc1ccccc1Br. The summed E-state index contributed by atoms with van der Waals surface area (Å²) >= 11 is 3.43. The first-order chi connectivity index (χ1) is 11.8. The van der Waals surface area contributed by atoms with Crippen LogP contribution in [0.25, 0.3) is 10.9 Å². The molecule has 0 atom stereocenters. The Kier molecular flexibility index (Phi) is 5.61. The van der Waals surface area contributed by atoms with Crippen LogP contribution in [-0.2, 0) is 11.3 Å². The van der Waals surface area contributed by atoms with Gasteiger partial charge in [-0.1, -0.05) is 24.3 Å². The summed E-state index contributed by atoms with van der Waals surface area (Å²) in [6.07, 6.45) is 1.56. The van der Waals surface area contributed by atoms with Gasteiger partial charge in [0.05, 0.1) is 41.5 Å². The van der Waals surface area contributed by atoms with Crippen LogP contribution < -0.4 is 10.3 Å². The zero-order valence-corrected chi connectivity index (χ0v) is 14.6. The van der Waals surface area contributed by atoms with Crippen molar-refractivity contribution in [2.24, 2.45) is 0 Å². The van der Waals surface area contributed by atoms with Gasteiger partial charge in [0.15, 0.2) is 0 Å². The van der Waals surface area contributed by atoms with Gasteiger partial charge in [0.2, 0.25) is 0 Å². The summed E-state index contributed by atoms with van der Waals surface area (Å²) in [7, 11) is 0. The lowest BCUT2D eigenvalue weighted by molar-refractivity contribution is 0.0936. The molecule has 0 saturated heterocycles. The lowest BCUT2D eigenvalue weighted by atomic mass is 10.2. The topological polar surface area (TPSA) is 53.4 Å². The maximum Gasteiger partial charge on any atom is 0.261 e. The smallest absolute Gasteiger partial charge is 0.261 e. The summed E-state index contributed by atoms with van der Waals surface area (Å²) in [5.74, 6) is 0.788. The minimum Gasteiger partial charge on any atom is -0.490 e. The Bertz CT molecular complexity index is 879. The van der Waals surface area contributed by atoms with Crippen molar-refractivity contribution in [3.05, 3.63) is 69.7 Å². The second kappa shape index (κ2) is 8.08. The Labute approximate surface area is 148 Å². The number of benzene rings is 2. The first kappa shape index (κ1) is 16.7. The fraction of sp³-hybridized carbons (Fsp3) is 0.222. The molecule has 6 heteroatoms. The van der Waals surface area contributed by atoms with Crippen LogP contribution in [0.1, 0.15) is 0 Å². The Morgan fingerprint density at radius 2 is 1.79 bits per heavy atom. The largest absolute Gasteiger partial charge is 0.490 e. The normalized spacial score (nSPS) is 10.9. The molecule has 0 saturated carbocycles. The zero-order chi connectivity index (χ0) is 16.8. The molecular formula is C18H17BrN2O3. The molecular weight excluding hydrogens is 372 g/mol. The molecule has 3 aromatic rings. The molecule has 0 fully saturated rings. The van der Waals surface area contributed by atoms with E-state index in [4.69, 9.17) is 9.47 Å². The number of para-hydroxylation sites is 2. The van der Waals surface area contributed by atoms with Crippen LogP contribution >= 0.6 is 15.9 Å². The highest BCUT2D eigenvalue weighted by Gasteiger charge is 2.03. The number of aromatic nitrogens is 2. The van der Waals surface area contributed by atoms with Gasteiger partial charge in [-0.15, -0.1) is 0 Å². The van der Waals surface area contributed by atoms with Gasteiger partial charge in [0, 0.05) is 0 Å². The van der Waals surface area contributed by atoms with Gasteiger partial charge in [0.25, 0.3) is 5.56 Å². The third-order valence-electron chi connectivity index (χ3n) is 3.53. The molecule has 5 nitrogen and oxygen atoms in total. The minimum atomic E-state index is -0.0475. The molecule has 0 amide bonds. The summed E-state index contributed by atoms with van der Waals surface area (Å²) in [5.41, 5.74) is 0.662. The van der Waals surface area contributed by atoms with Gasteiger partial charge in [0.1, 0.15) is 12.4 Å². The van der Waals surface area contributed by atoms with Crippen molar-refractivity contribution in [1.82, 2.24) is 9.55 Å². The summed E-state index contributed by atoms with van der Waals surface area (Å²) in [4.78, 5) is 16.6. The number of fused-ring (bicyclic) bond motifs is 1. The fourth-order valence-electron chi connectivity index (χ4n) is 2.30. The van der Waals surface area contributed by atoms with Crippen LogP contribution in [0.3, 0.4) is 0 Å². The number of hydrogen-bond donors (Lipinski definition) is 0. The van der Waals surface area contributed by atoms with E-state index in [2.05, 4.69) is 20.9 Å². The molecule has 24 heavy (non-hydrogen) atoms. The van der Waals surface area contributed by atoms with Crippen molar-refractivity contribution in [3.63, 3.8) is 0 Å². The molecule has 3 rings (SSSR count). The van der Waals surface area contributed by atoms with Crippen LogP contribution in [0.5, 0.6) is 5.75 Å². The standard InChI is InChI=1S/C18H17BrN2O3/c19-15-6-2-4-8-17(15)24-12-11-23-10-9-21-13-20-16-7-3-1-5-14(16)18(21)22/h1-8,13H,9-12H2. The van der Waals surface area contributed by atoms with Crippen molar-refractivity contribution in [2.75, 3.05) is 19.8 Å². The number of hydrogen-bond acceptors (Lipinski definition) is 4. The van der Waals surface area contributed by atoms with Crippen LogP contribution in [0.2, 0.25) is 0 Å². The van der Waals surface area contributed by atoms with Crippen LogP contribution in [0.15, 0.2) is 64.1 Å². The van der Waals surface area contributed by atoms with Gasteiger partial charge in [-0.2, -0.15) is 0 Å². The molecule has 0 aliphatic carbocycles. The predicted octanol–water partition coefficient (Wildman–Crippen LogP) is 3.25. The van der Waals surface area contributed by atoms with Gasteiger partial charge < -0.3 is 9.47 Å². The van der Waals surface area contributed by atoms with Crippen LogP contribution in [-0.4, -0.2) is 29.4 Å². The Morgan fingerprint density at radius 1 is 1.00 bits per heavy atom. The minimum absolute atomic E-state index is 0.0475. The van der Waals surface area contributed by atoms with Crippen molar-refractivity contribution in [2.45, 2.75) is 6.54 Å². The molecule has 0 aliphatic rings. The summed E-state index contributed by atoms with van der Waals surface area (Å²) in [6.45, 7) is 1.80. The second-order valence-electron chi connectivity index (χ2n) is 5.15. The van der Waals surface area contributed by atoms with E-state index < -0.39 is 0 Å². The molecule has 0 spiro atoms. The average Bonchev–Trinajstić information content (AvgIpc) is 2.61. The van der Waals surface area contributed by atoms with E-state index >= 15 is 0 Å². The predicted molar refractivity (Wildman–Crippen MR) is 96.5 cm³/mol. The molecule has 1 heterocycles. The molecule has 0 aliphatic heterocycles. The highest BCUT2D eigenvalue weighted by Crippen LogP contribution is 2.23. The zero-order valence-electron chi connectivity index (χ0n) is 13.0. The third-order valence-corrected chi connectivity index (χ3v) is 4.19. The summed E-state index contributed by atoms with van der Waals surface area (Å²) in [5, 5.41) is 0.622. The van der Waals surface area contributed by atoms with E-state index in [-0.39, 0.29) is 5.56 Å². The number of nitrogens with zero attached hydrogens (tertiary/aromatic N) is 2. The molecule has 124 valence electrons. The van der Waals surface area contributed by atoms with Crippen molar-refractivity contribution < 1.29 is 9.47 Å². The average molecular weight is 389 g/mol. The van der Waals surface area contributed by atoms with E-state index in [0.717, 1.165) is 10.2 Å². The van der Waals surface area contributed by atoms with Crippen molar-refractivity contribution >= 4 is 26.8 Å². The molecule has 0 radical (unpaired) electrons. The molecule has 2 aromatic carbocycles. The lowest BCUT2D eigenvalue weighted by Crippen LogP contribution is -2.23. The Balaban J connectivity index is 1.46. The van der Waals surface area contributed by atoms with Crippen molar-refractivity contribution in [3.8, 4) is 5.75 Å². The van der Waals surface area contributed by atoms with E-state index in [1.54, 1.807) is 17.0 Å². The van der Waals surface area contributed by atoms with E-state index in [1.165, 1.54) is 0 Å². The molecule has 0 N–H and O–H groups in total. The molecule has 0 unspecified atom stereocenters. The van der Waals surface area contributed by atoms with E-state index in [9.17, 15) is 4.79 Å². The highest BCUT2D eigenvalue weighted by atomic mass is 79.9. The maximum absolute atomic E-state index is 12.3. The quantitative estimate of drug-likeness (QED) is 0.583. The van der Waals surface area contributed by atoms with Gasteiger partial charge in [-0.3, -0.25) is 9.36 Å². The third kappa shape index (κ3) is 4.01. The Morgan fingerprint density at radius 3 is 2.67 bits per heavy atom.